The van der Waals surface area contributed by atoms with Gasteiger partial charge >= 0.3 is 0 Å². The summed E-state index contributed by atoms with van der Waals surface area (Å²) in [5, 5.41) is 3.28. The van der Waals surface area contributed by atoms with E-state index < -0.39 is 0 Å². The minimum atomic E-state index is -0.180. The van der Waals surface area contributed by atoms with Crippen molar-refractivity contribution in [2.75, 3.05) is 19.7 Å². The van der Waals surface area contributed by atoms with Crippen LogP contribution in [0.2, 0.25) is 0 Å². The molecule has 0 bridgehead atoms. The highest BCUT2D eigenvalue weighted by molar-refractivity contribution is 9.10. The molecule has 2 aromatic rings. The van der Waals surface area contributed by atoms with E-state index in [0.717, 1.165) is 35.3 Å². The molecule has 2 rings (SSSR count). The van der Waals surface area contributed by atoms with Crippen molar-refractivity contribution in [3.63, 3.8) is 0 Å². The Morgan fingerprint density at radius 3 is 2.60 bits per heavy atom. The predicted octanol–water partition coefficient (Wildman–Crippen LogP) is 3.80. The van der Waals surface area contributed by atoms with E-state index in [1.807, 2.05) is 30.3 Å². The average Bonchev–Trinajstić information content (AvgIpc) is 2.45. The van der Waals surface area contributed by atoms with E-state index in [-0.39, 0.29) is 5.82 Å². The molecule has 4 heteroatoms. The van der Waals surface area contributed by atoms with Crippen LogP contribution in [0.25, 0.3) is 0 Å². The zero-order valence-electron chi connectivity index (χ0n) is 11.1. The summed E-state index contributed by atoms with van der Waals surface area (Å²) in [5.74, 6) is 0.682. The Morgan fingerprint density at radius 1 is 1.05 bits per heavy atom. The molecule has 0 amide bonds. The lowest BCUT2D eigenvalue weighted by Crippen LogP contribution is -2.23. The number of rotatable bonds is 7. The Labute approximate surface area is 127 Å². The van der Waals surface area contributed by atoms with Crippen molar-refractivity contribution in [3.8, 4) is 5.75 Å². The van der Waals surface area contributed by atoms with E-state index in [1.54, 1.807) is 12.1 Å². The summed E-state index contributed by atoms with van der Waals surface area (Å²) < 4.78 is 19.6. The zero-order valence-corrected chi connectivity index (χ0v) is 12.7. The number of benzene rings is 2. The maximum atomic E-state index is 13.0. The molecule has 0 unspecified atom stereocenters. The molecule has 0 atom stereocenters. The molecule has 0 aliphatic carbocycles. The van der Waals surface area contributed by atoms with Gasteiger partial charge in [0, 0.05) is 11.0 Å². The highest BCUT2D eigenvalue weighted by Gasteiger charge is 1.96. The second-order valence-corrected chi connectivity index (χ2v) is 5.35. The first kappa shape index (κ1) is 15.0. The Hall–Kier alpha value is -1.39. The Bertz CT molecular complexity index is 530. The molecular weight excluding hydrogens is 321 g/mol. The van der Waals surface area contributed by atoms with Crippen LogP contribution < -0.4 is 10.1 Å². The van der Waals surface area contributed by atoms with Gasteiger partial charge in [0.05, 0.1) is 0 Å². The fourth-order valence-electron chi connectivity index (χ4n) is 1.82. The molecule has 2 nitrogen and oxygen atoms in total. The quantitative estimate of drug-likeness (QED) is 0.776. The van der Waals surface area contributed by atoms with Crippen molar-refractivity contribution in [1.29, 1.82) is 0 Å². The number of halogens is 2. The third-order valence-corrected chi connectivity index (χ3v) is 3.37. The Balaban J connectivity index is 1.59. The Morgan fingerprint density at radius 2 is 1.85 bits per heavy atom. The van der Waals surface area contributed by atoms with Gasteiger partial charge in [0.25, 0.3) is 0 Å². The summed E-state index contributed by atoms with van der Waals surface area (Å²) in [7, 11) is 0. The number of hydrogen-bond acceptors (Lipinski definition) is 2. The Kier molecular flexibility index (Phi) is 6.02. The third-order valence-electron chi connectivity index (χ3n) is 2.84. The molecule has 0 heterocycles. The van der Waals surface area contributed by atoms with Gasteiger partial charge in [-0.25, -0.2) is 4.39 Å². The van der Waals surface area contributed by atoms with Crippen LogP contribution in [-0.4, -0.2) is 19.7 Å². The number of ether oxygens (including phenoxy) is 1. The van der Waals surface area contributed by atoms with Crippen molar-refractivity contribution in [2.24, 2.45) is 0 Å². The minimum Gasteiger partial charge on any atom is -0.492 e. The van der Waals surface area contributed by atoms with Crippen LogP contribution >= 0.6 is 15.9 Å². The van der Waals surface area contributed by atoms with Gasteiger partial charge in [0.2, 0.25) is 0 Å². The first-order valence-electron chi connectivity index (χ1n) is 6.57. The third kappa shape index (κ3) is 5.31. The van der Waals surface area contributed by atoms with Gasteiger partial charge in [-0.3, -0.25) is 0 Å². The minimum absolute atomic E-state index is 0.180. The van der Waals surface area contributed by atoms with Crippen LogP contribution in [0.15, 0.2) is 53.0 Å². The fourth-order valence-corrected chi connectivity index (χ4v) is 2.09. The molecule has 0 saturated heterocycles. The summed E-state index contributed by atoms with van der Waals surface area (Å²) in [5.41, 5.74) is 1.01. The first-order chi connectivity index (χ1) is 9.74. The van der Waals surface area contributed by atoms with Crippen LogP contribution in [0.1, 0.15) is 5.56 Å². The van der Waals surface area contributed by atoms with Crippen LogP contribution in [0.5, 0.6) is 5.75 Å². The van der Waals surface area contributed by atoms with Crippen LogP contribution in [0.3, 0.4) is 0 Å². The van der Waals surface area contributed by atoms with Crippen molar-refractivity contribution in [2.45, 2.75) is 6.42 Å². The maximum absolute atomic E-state index is 13.0. The molecule has 0 fully saturated rings. The highest BCUT2D eigenvalue weighted by atomic mass is 79.9. The molecule has 0 aliphatic heterocycles. The van der Waals surface area contributed by atoms with Gasteiger partial charge in [-0.1, -0.05) is 28.1 Å². The lowest BCUT2D eigenvalue weighted by atomic mass is 10.1. The molecule has 0 aliphatic rings. The van der Waals surface area contributed by atoms with Crippen molar-refractivity contribution in [1.82, 2.24) is 5.32 Å². The van der Waals surface area contributed by atoms with Gasteiger partial charge in [0.1, 0.15) is 18.2 Å². The average molecular weight is 338 g/mol. The fraction of sp³-hybridized carbons (Fsp3) is 0.250. The van der Waals surface area contributed by atoms with Crippen LogP contribution in [0.4, 0.5) is 4.39 Å². The van der Waals surface area contributed by atoms with E-state index in [4.69, 9.17) is 4.74 Å². The molecule has 2 aromatic carbocycles. The second kappa shape index (κ2) is 8.02. The SMILES string of the molecule is Fc1cccc(CCNCCOc2ccc(Br)cc2)c1. The highest BCUT2D eigenvalue weighted by Crippen LogP contribution is 2.15. The largest absolute Gasteiger partial charge is 0.492 e. The van der Waals surface area contributed by atoms with Crippen molar-refractivity contribution < 1.29 is 9.13 Å². The summed E-state index contributed by atoms with van der Waals surface area (Å²) in [4.78, 5) is 0. The van der Waals surface area contributed by atoms with Gasteiger partial charge in [0.15, 0.2) is 0 Å². The van der Waals surface area contributed by atoms with Crippen LogP contribution in [-0.2, 0) is 6.42 Å². The van der Waals surface area contributed by atoms with E-state index in [2.05, 4.69) is 21.2 Å². The van der Waals surface area contributed by atoms with Gasteiger partial charge in [-0.2, -0.15) is 0 Å². The van der Waals surface area contributed by atoms with Gasteiger partial charge in [-0.15, -0.1) is 0 Å². The molecule has 106 valence electrons. The molecule has 0 spiro atoms. The topological polar surface area (TPSA) is 21.3 Å². The normalized spacial score (nSPS) is 10.5. The second-order valence-electron chi connectivity index (χ2n) is 4.43. The lowest BCUT2D eigenvalue weighted by Gasteiger charge is -2.08. The summed E-state index contributed by atoms with van der Waals surface area (Å²) >= 11 is 3.38. The first-order valence-corrected chi connectivity index (χ1v) is 7.37. The maximum Gasteiger partial charge on any atom is 0.123 e. The van der Waals surface area contributed by atoms with E-state index in [9.17, 15) is 4.39 Å². The van der Waals surface area contributed by atoms with Crippen molar-refractivity contribution in [3.05, 3.63) is 64.4 Å². The molecule has 0 aromatic heterocycles. The molecule has 0 radical (unpaired) electrons. The van der Waals surface area contributed by atoms with E-state index in [1.165, 1.54) is 6.07 Å². The predicted molar refractivity (Wildman–Crippen MR) is 82.6 cm³/mol. The zero-order chi connectivity index (χ0) is 14.2. The molecule has 1 N–H and O–H groups in total. The molecular formula is C16H17BrFNO. The van der Waals surface area contributed by atoms with Crippen LogP contribution in [0, 0.1) is 5.82 Å². The number of nitrogens with one attached hydrogen (secondary N) is 1. The summed E-state index contributed by atoms with van der Waals surface area (Å²) in [6.45, 7) is 2.20. The van der Waals surface area contributed by atoms with E-state index >= 15 is 0 Å². The monoisotopic (exact) mass is 337 g/mol. The molecule has 20 heavy (non-hydrogen) atoms. The standard InChI is InChI=1S/C16H17BrFNO/c17-14-4-6-16(7-5-14)20-11-10-19-9-8-13-2-1-3-15(18)12-13/h1-7,12,19H,8-11H2. The molecule has 0 saturated carbocycles. The van der Waals surface area contributed by atoms with Gasteiger partial charge < -0.3 is 10.1 Å². The summed E-state index contributed by atoms with van der Waals surface area (Å²) in [6.07, 6.45) is 0.816. The summed E-state index contributed by atoms with van der Waals surface area (Å²) in [6, 6.07) is 14.5. The van der Waals surface area contributed by atoms with Crippen molar-refractivity contribution >= 4 is 15.9 Å². The lowest BCUT2D eigenvalue weighted by molar-refractivity contribution is 0.314. The van der Waals surface area contributed by atoms with E-state index in [0.29, 0.717) is 6.61 Å². The number of hydrogen-bond donors (Lipinski definition) is 1. The smallest absolute Gasteiger partial charge is 0.123 e. The van der Waals surface area contributed by atoms with Gasteiger partial charge in [-0.05, 0) is 54.9 Å².